The van der Waals surface area contributed by atoms with Crippen LogP contribution in [0.1, 0.15) is 6.92 Å². The van der Waals surface area contributed by atoms with Crippen molar-refractivity contribution >= 4 is 0 Å². The van der Waals surface area contributed by atoms with Gasteiger partial charge in [0.1, 0.15) is 36.6 Å². The molecule has 2 aliphatic rings. The lowest BCUT2D eigenvalue weighted by molar-refractivity contribution is -0.214. The molecule has 2 rings (SSSR count). The molecule has 0 spiro atoms. The highest BCUT2D eigenvalue weighted by atomic mass is 16.7. The van der Waals surface area contributed by atoms with Crippen LogP contribution in [0.2, 0.25) is 0 Å². The molecular weight excluding hydrogens is 260 g/mol. The standard InChI is InChI=1S/C11H20O8/c1-4-7(14)10(6(3-13)17-4)19-11-9(16)8(15)5(2-12)18-11/h4-16H,2-3H2,1H3/t4-,5-,6-,7?,8?,9?,10?,11-/m0/s1. The number of aliphatic hydroxyl groups is 5. The summed E-state index contributed by atoms with van der Waals surface area (Å²) < 4.78 is 15.8. The first-order chi connectivity index (χ1) is 8.99. The lowest BCUT2D eigenvalue weighted by Gasteiger charge is -2.25. The van der Waals surface area contributed by atoms with Gasteiger partial charge in [-0.3, -0.25) is 0 Å². The highest BCUT2D eigenvalue weighted by Crippen LogP contribution is 2.29. The minimum Gasteiger partial charge on any atom is -0.394 e. The van der Waals surface area contributed by atoms with Gasteiger partial charge in [-0.15, -0.1) is 0 Å². The van der Waals surface area contributed by atoms with Gasteiger partial charge < -0.3 is 39.7 Å². The number of hydrogen-bond acceptors (Lipinski definition) is 8. The van der Waals surface area contributed by atoms with Gasteiger partial charge >= 0.3 is 0 Å². The first-order valence-electron chi connectivity index (χ1n) is 6.22. The van der Waals surface area contributed by atoms with Gasteiger partial charge in [0, 0.05) is 0 Å². The van der Waals surface area contributed by atoms with Crippen LogP contribution < -0.4 is 0 Å². The Morgan fingerprint density at radius 3 is 2.05 bits per heavy atom. The van der Waals surface area contributed by atoms with Crippen molar-refractivity contribution in [1.82, 2.24) is 0 Å². The summed E-state index contributed by atoms with van der Waals surface area (Å²) in [5.41, 5.74) is 0. The quantitative estimate of drug-likeness (QED) is 0.367. The molecule has 0 aromatic carbocycles. The molecular formula is C11H20O8. The van der Waals surface area contributed by atoms with Crippen molar-refractivity contribution in [2.24, 2.45) is 0 Å². The van der Waals surface area contributed by atoms with Crippen LogP contribution in [0, 0.1) is 0 Å². The van der Waals surface area contributed by atoms with Gasteiger partial charge in [0.25, 0.3) is 0 Å². The maximum Gasteiger partial charge on any atom is 0.187 e. The third kappa shape index (κ3) is 2.76. The smallest absolute Gasteiger partial charge is 0.187 e. The second kappa shape index (κ2) is 5.98. The second-order valence-electron chi connectivity index (χ2n) is 4.86. The van der Waals surface area contributed by atoms with Crippen LogP contribution >= 0.6 is 0 Å². The average molecular weight is 280 g/mol. The summed E-state index contributed by atoms with van der Waals surface area (Å²) in [4.78, 5) is 0. The van der Waals surface area contributed by atoms with Crippen LogP contribution in [0.5, 0.6) is 0 Å². The molecule has 0 aromatic rings. The Morgan fingerprint density at radius 1 is 0.895 bits per heavy atom. The van der Waals surface area contributed by atoms with Gasteiger partial charge in [0.05, 0.1) is 19.3 Å². The van der Waals surface area contributed by atoms with Crippen LogP contribution in [-0.4, -0.2) is 87.8 Å². The van der Waals surface area contributed by atoms with Gasteiger partial charge in [0.15, 0.2) is 6.29 Å². The number of rotatable bonds is 4. The third-order valence-electron chi connectivity index (χ3n) is 3.54. The van der Waals surface area contributed by atoms with Gasteiger partial charge in [0.2, 0.25) is 0 Å². The SMILES string of the molecule is C[C@@H]1O[C@@H](CO)C(O[C@@H]2O[C@@H](CO)C(O)C2O)C1O. The Hall–Kier alpha value is -0.320. The van der Waals surface area contributed by atoms with E-state index in [1.54, 1.807) is 6.92 Å². The molecule has 8 atom stereocenters. The van der Waals surface area contributed by atoms with Crippen LogP contribution in [0.4, 0.5) is 0 Å². The topological polar surface area (TPSA) is 129 Å². The Morgan fingerprint density at radius 2 is 1.53 bits per heavy atom. The first-order valence-corrected chi connectivity index (χ1v) is 6.22. The van der Waals surface area contributed by atoms with Gasteiger partial charge in [-0.25, -0.2) is 0 Å². The highest BCUT2D eigenvalue weighted by Gasteiger charge is 2.49. The van der Waals surface area contributed by atoms with Crippen molar-refractivity contribution in [2.75, 3.05) is 13.2 Å². The first kappa shape index (κ1) is 15.1. The normalized spacial score (nSPS) is 50.8. The summed E-state index contributed by atoms with van der Waals surface area (Å²) in [7, 11) is 0. The Kier molecular flexibility index (Phi) is 4.75. The van der Waals surface area contributed by atoms with E-state index in [1.807, 2.05) is 0 Å². The molecule has 0 amide bonds. The second-order valence-corrected chi connectivity index (χ2v) is 4.86. The molecule has 0 bridgehead atoms. The van der Waals surface area contributed by atoms with Crippen LogP contribution in [-0.2, 0) is 14.2 Å². The van der Waals surface area contributed by atoms with Crippen molar-refractivity contribution in [1.29, 1.82) is 0 Å². The van der Waals surface area contributed by atoms with Crippen molar-refractivity contribution in [3.05, 3.63) is 0 Å². The van der Waals surface area contributed by atoms with E-state index in [2.05, 4.69) is 0 Å². The summed E-state index contributed by atoms with van der Waals surface area (Å²) in [6, 6.07) is 0. The monoisotopic (exact) mass is 280 g/mol. The van der Waals surface area contributed by atoms with Crippen LogP contribution in [0.3, 0.4) is 0 Å². The van der Waals surface area contributed by atoms with E-state index in [0.29, 0.717) is 0 Å². The highest BCUT2D eigenvalue weighted by molar-refractivity contribution is 4.93. The summed E-state index contributed by atoms with van der Waals surface area (Å²) in [6.07, 6.45) is -7.81. The van der Waals surface area contributed by atoms with Crippen molar-refractivity contribution < 1.29 is 39.7 Å². The molecule has 5 N–H and O–H groups in total. The van der Waals surface area contributed by atoms with Crippen LogP contribution in [0.25, 0.3) is 0 Å². The zero-order valence-electron chi connectivity index (χ0n) is 10.5. The molecule has 8 nitrogen and oxygen atoms in total. The summed E-state index contributed by atoms with van der Waals surface area (Å²) in [5.74, 6) is 0. The zero-order chi connectivity index (χ0) is 14.2. The fraction of sp³-hybridized carbons (Fsp3) is 1.00. The van der Waals surface area contributed by atoms with E-state index in [4.69, 9.17) is 24.4 Å². The molecule has 0 aliphatic carbocycles. The van der Waals surface area contributed by atoms with Gasteiger partial charge in [-0.1, -0.05) is 0 Å². The van der Waals surface area contributed by atoms with E-state index in [1.165, 1.54) is 0 Å². The fourth-order valence-electron chi connectivity index (χ4n) is 2.37. The summed E-state index contributed by atoms with van der Waals surface area (Å²) in [6.45, 7) is 0.830. The minimum atomic E-state index is -1.33. The predicted molar refractivity (Wildman–Crippen MR) is 60.1 cm³/mol. The lowest BCUT2D eigenvalue weighted by Crippen LogP contribution is -2.43. The lowest BCUT2D eigenvalue weighted by atomic mass is 10.1. The molecule has 0 saturated carbocycles. The van der Waals surface area contributed by atoms with Crippen LogP contribution in [0.15, 0.2) is 0 Å². The third-order valence-corrected chi connectivity index (χ3v) is 3.54. The molecule has 0 aromatic heterocycles. The van der Waals surface area contributed by atoms with Crippen molar-refractivity contribution in [3.8, 4) is 0 Å². The number of aliphatic hydroxyl groups excluding tert-OH is 5. The van der Waals surface area contributed by atoms with E-state index < -0.39 is 55.6 Å². The van der Waals surface area contributed by atoms with Crippen molar-refractivity contribution in [2.45, 2.75) is 55.9 Å². The molecule has 2 fully saturated rings. The maximum absolute atomic E-state index is 9.88. The summed E-state index contributed by atoms with van der Waals surface area (Å²) in [5, 5.41) is 47.3. The van der Waals surface area contributed by atoms with Gasteiger partial charge in [-0.05, 0) is 6.92 Å². The fourth-order valence-corrected chi connectivity index (χ4v) is 2.37. The van der Waals surface area contributed by atoms with E-state index in [9.17, 15) is 15.3 Å². The van der Waals surface area contributed by atoms with E-state index in [-0.39, 0.29) is 6.61 Å². The Balaban J connectivity index is 2.00. The molecule has 2 aliphatic heterocycles. The zero-order valence-corrected chi connectivity index (χ0v) is 10.5. The molecule has 0 radical (unpaired) electrons. The van der Waals surface area contributed by atoms with Crippen molar-refractivity contribution in [3.63, 3.8) is 0 Å². The molecule has 2 heterocycles. The van der Waals surface area contributed by atoms with Gasteiger partial charge in [-0.2, -0.15) is 0 Å². The predicted octanol–water partition coefficient (Wildman–Crippen LogP) is -3.05. The maximum atomic E-state index is 9.88. The Labute approximate surface area is 110 Å². The van der Waals surface area contributed by atoms with E-state index in [0.717, 1.165) is 0 Å². The molecule has 2 saturated heterocycles. The Bertz CT molecular complexity index is 300. The molecule has 4 unspecified atom stereocenters. The number of ether oxygens (including phenoxy) is 3. The number of hydrogen-bond donors (Lipinski definition) is 5. The largest absolute Gasteiger partial charge is 0.394 e. The molecule has 8 heteroatoms. The minimum absolute atomic E-state index is 0.346. The molecule has 112 valence electrons. The summed E-state index contributed by atoms with van der Waals surface area (Å²) >= 11 is 0. The van der Waals surface area contributed by atoms with E-state index >= 15 is 0 Å². The average Bonchev–Trinajstić information content (AvgIpc) is 2.83. The molecule has 19 heavy (non-hydrogen) atoms.